The van der Waals surface area contributed by atoms with E-state index in [4.69, 9.17) is 19.8 Å². The van der Waals surface area contributed by atoms with E-state index < -0.39 is 11.9 Å². The molecule has 0 unspecified atom stereocenters. The highest BCUT2D eigenvalue weighted by Crippen LogP contribution is 2.24. The molecule has 3 N–H and O–H groups in total. The molecule has 2 aromatic rings. The largest absolute Gasteiger partial charge is 0.473 e. The molecule has 180 valence electrons. The van der Waals surface area contributed by atoms with Gasteiger partial charge in [0.2, 0.25) is 5.91 Å². The van der Waals surface area contributed by atoms with Crippen LogP contribution in [0.1, 0.15) is 23.1 Å². The fourth-order valence-electron chi connectivity index (χ4n) is 4.09. The quantitative estimate of drug-likeness (QED) is 0.563. The van der Waals surface area contributed by atoms with Crippen molar-refractivity contribution in [3.8, 4) is 0 Å². The Balaban J connectivity index is 0.000000481. The molecule has 2 aliphatic rings. The number of carbonyl (C=O) groups excluding carboxylic acids is 1. The van der Waals surface area contributed by atoms with Crippen molar-refractivity contribution in [2.24, 2.45) is 0 Å². The third kappa shape index (κ3) is 8.13. The Kier molecular flexibility index (Phi) is 9.37. The van der Waals surface area contributed by atoms with Crippen LogP contribution in [0.15, 0.2) is 54.6 Å². The molecule has 0 saturated carbocycles. The number of nitrogens with zero attached hydrogens (tertiary/aromatic N) is 2. The lowest BCUT2D eigenvalue weighted by Gasteiger charge is -2.33. The molecule has 1 amide bonds. The Labute approximate surface area is 199 Å². The Morgan fingerprint density at radius 3 is 2.18 bits per heavy atom. The van der Waals surface area contributed by atoms with E-state index in [0.29, 0.717) is 6.54 Å². The lowest BCUT2D eigenvalue weighted by molar-refractivity contribution is -0.159. The van der Waals surface area contributed by atoms with E-state index in [0.717, 1.165) is 44.8 Å². The van der Waals surface area contributed by atoms with Crippen molar-refractivity contribution < 1.29 is 24.6 Å². The molecule has 2 aromatic carbocycles. The number of aliphatic carboxylic acids is 2. The lowest BCUT2D eigenvalue weighted by Crippen LogP contribution is -2.48. The highest BCUT2D eigenvalue weighted by Gasteiger charge is 2.18. The smallest absolute Gasteiger partial charge is 0.414 e. The number of rotatable bonds is 6. The molecule has 1 saturated heterocycles. The van der Waals surface area contributed by atoms with Gasteiger partial charge in [0.15, 0.2) is 0 Å². The first-order valence-electron chi connectivity index (χ1n) is 11.4. The van der Waals surface area contributed by atoms with Crippen LogP contribution in [0, 0.1) is 0 Å². The van der Waals surface area contributed by atoms with Gasteiger partial charge in [-0.1, -0.05) is 48.6 Å². The van der Waals surface area contributed by atoms with E-state index in [1.54, 1.807) is 0 Å². The Hall–Kier alpha value is -3.49. The van der Waals surface area contributed by atoms with Crippen molar-refractivity contribution in [1.29, 1.82) is 0 Å². The van der Waals surface area contributed by atoms with E-state index in [2.05, 4.69) is 63.7 Å². The maximum Gasteiger partial charge on any atom is 0.414 e. The van der Waals surface area contributed by atoms with Gasteiger partial charge in [0.25, 0.3) is 0 Å². The van der Waals surface area contributed by atoms with Crippen molar-refractivity contribution in [3.05, 3.63) is 71.3 Å². The van der Waals surface area contributed by atoms with Gasteiger partial charge in [-0.05, 0) is 48.1 Å². The summed E-state index contributed by atoms with van der Waals surface area (Å²) in [5.74, 6) is -3.56. The van der Waals surface area contributed by atoms with Gasteiger partial charge in [-0.25, -0.2) is 9.59 Å². The molecule has 0 aromatic heterocycles. The second-order valence-corrected chi connectivity index (χ2v) is 8.39. The van der Waals surface area contributed by atoms with Crippen molar-refractivity contribution in [1.82, 2.24) is 9.80 Å². The zero-order valence-electron chi connectivity index (χ0n) is 19.2. The van der Waals surface area contributed by atoms with Crippen LogP contribution in [-0.4, -0.2) is 77.1 Å². The maximum atomic E-state index is 12.4. The third-order valence-corrected chi connectivity index (χ3v) is 5.87. The van der Waals surface area contributed by atoms with Crippen LogP contribution < -0.4 is 5.32 Å². The summed E-state index contributed by atoms with van der Waals surface area (Å²) in [5.41, 5.74) is 5.02. The number of nitrogens with one attached hydrogen (secondary N) is 1. The minimum Gasteiger partial charge on any atom is -0.473 e. The number of aryl methyl sites for hydroxylation is 2. The Morgan fingerprint density at radius 2 is 1.50 bits per heavy atom. The van der Waals surface area contributed by atoms with Crippen LogP contribution in [0.25, 0.3) is 6.08 Å². The molecular formula is C26H31N3O5. The van der Waals surface area contributed by atoms with Gasteiger partial charge in [-0.2, -0.15) is 0 Å². The molecular weight excluding hydrogens is 434 g/mol. The standard InChI is InChI=1S/C24H29N3O.C2H2O4/c28-24(25-23-12-11-21-9-4-10-22(21)18-23)19-27-16-14-26(15-17-27)13-5-8-20-6-2-1-3-7-20;3-1(4)2(5)6/h1-3,5-8,11-12,18H,4,9-10,13-17,19H2,(H,25,28);(H,3,4)(H,5,6)/b8-5+;. The first-order valence-corrected chi connectivity index (χ1v) is 11.4. The Bertz CT molecular complexity index is 1000. The summed E-state index contributed by atoms with van der Waals surface area (Å²) in [4.78, 5) is 35.3. The molecule has 34 heavy (non-hydrogen) atoms. The molecule has 1 fully saturated rings. The number of amides is 1. The summed E-state index contributed by atoms with van der Waals surface area (Å²) >= 11 is 0. The monoisotopic (exact) mass is 465 g/mol. The van der Waals surface area contributed by atoms with Crippen LogP contribution in [-0.2, 0) is 27.2 Å². The SMILES string of the molecule is O=C(CN1CCN(C/C=C/c2ccccc2)CC1)Nc1ccc2c(c1)CCC2.O=C(O)C(=O)O. The second-order valence-electron chi connectivity index (χ2n) is 8.39. The van der Waals surface area contributed by atoms with Crippen LogP contribution in [0.5, 0.6) is 0 Å². The summed E-state index contributed by atoms with van der Waals surface area (Å²) in [6.45, 7) is 5.33. The normalized spacial score (nSPS) is 15.9. The lowest BCUT2D eigenvalue weighted by atomic mass is 10.1. The van der Waals surface area contributed by atoms with E-state index in [-0.39, 0.29) is 5.91 Å². The summed E-state index contributed by atoms with van der Waals surface area (Å²) in [7, 11) is 0. The number of carboxylic acids is 2. The minimum absolute atomic E-state index is 0.0929. The molecule has 0 bridgehead atoms. The highest BCUT2D eigenvalue weighted by atomic mass is 16.4. The summed E-state index contributed by atoms with van der Waals surface area (Å²) in [5, 5.41) is 17.9. The third-order valence-electron chi connectivity index (χ3n) is 5.87. The van der Waals surface area contributed by atoms with E-state index in [1.165, 1.54) is 29.5 Å². The number of hydrogen-bond acceptors (Lipinski definition) is 5. The second kappa shape index (κ2) is 12.7. The summed E-state index contributed by atoms with van der Waals surface area (Å²) in [6, 6.07) is 16.8. The summed E-state index contributed by atoms with van der Waals surface area (Å²) < 4.78 is 0. The maximum absolute atomic E-state index is 12.4. The number of carbonyl (C=O) groups is 3. The number of fused-ring (bicyclic) bond motifs is 1. The number of benzene rings is 2. The highest BCUT2D eigenvalue weighted by molar-refractivity contribution is 6.27. The van der Waals surface area contributed by atoms with E-state index >= 15 is 0 Å². The Morgan fingerprint density at radius 1 is 0.853 bits per heavy atom. The van der Waals surface area contributed by atoms with Crippen LogP contribution in [0.3, 0.4) is 0 Å². The summed E-state index contributed by atoms with van der Waals surface area (Å²) in [6.07, 6.45) is 7.95. The van der Waals surface area contributed by atoms with Gasteiger partial charge in [0.1, 0.15) is 0 Å². The van der Waals surface area contributed by atoms with Gasteiger partial charge < -0.3 is 15.5 Å². The van der Waals surface area contributed by atoms with Crippen LogP contribution in [0.4, 0.5) is 5.69 Å². The van der Waals surface area contributed by atoms with Crippen LogP contribution >= 0.6 is 0 Å². The first kappa shape index (κ1) is 25.1. The fraction of sp³-hybridized carbons (Fsp3) is 0.346. The van der Waals surface area contributed by atoms with Crippen LogP contribution in [0.2, 0.25) is 0 Å². The topological polar surface area (TPSA) is 110 Å². The fourth-order valence-corrected chi connectivity index (χ4v) is 4.09. The first-order chi connectivity index (χ1) is 16.4. The average Bonchev–Trinajstić information content (AvgIpc) is 3.29. The minimum atomic E-state index is -1.82. The predicted molar refractivity (Wildman–Crippen MR) is 131 cm³/mol. The van der Waals surface area contributed by atoms with Gasteiger partial charge in [-0.15, -0.1) is 0 Å². The van der Waals surface area contributed by atoms with E-state index in [9.17, 15) is 4.79 Å². The number of anilines is 1. The van der Waals surface area contributed by atoms with E-state index in [1.807, 2.05) is 12.1 Å². The molecule has 1 aliphatic heterocycles. The zero-order chi connectivity index (χ0) is 24.3. The molecule has 4 rings (SSSR count). The van der Waals surface area contributed by atoms with Gasteiger partial charge >= 0.3 is 11.9 Å². The van der Waals surface area contributed by atoms with Gasteiger partial charge in [0, 0.05) is 38.4 Å². The molecule has 0 atom stereocenters. The molecule has 8 heteroatoms. The van der Waals surface area contributed by atoms with Gasteiger partial charge in [-0.3, -0.25) is 14.6 Å². The van der Waals surface area contributed by atoms with Crippen molar-refractivity contribution in [2.75, 3.05) is 44.6 Å². The van der Waals surface area contributed by atoms with Crippen molar-refractivity contribution >= 4 is 29.6 Å². The number of hydrogen-bond donors (Lipinski definition) is 3. The molecule has 8 nitrogen and oxygen atoms in total. The molecule has 0 radical (unpaired) electrons. The predicted octanol–water partition coefficient (Wildman–Crippen LogP) is 2.60. The molecule has 1 aliphatic carbocycles. The molecule has 0 spiro atoms. The number of piperazine rings is 1. The van der Waals surface area contributed by atoms with Crippen molar-refractivity contribution in [2.45, 2.75) is 19.3 Å². The van der Waals surface area contributed by atoms with Gasteiger partial charge in [0.05, 0.1) is 6.54 Å². The number of carboxylic acid groups (broad SMARTS) is 2. The zero-order valence-corrected chi connectivity index (χ0v) is 19.2. The molecule has 1 heterocycles. The van der Waals surface area contributed by atoms with Crippen molar-refractivity contribution in [3.63, 3.8) is 0 Å². The average molecular weight is 466 g/mol.